The Hall–Kier alpha value is -0.650. The number of aliphatic hydroxyl groups excluding tert-OH is 1. The van der Waals surface area contributed by atoms with Crippen LogP contribution >= 0.6 is 0 Å². The molecule has 5 nitrogen and oxygen atoms in total. The monoisotopic (exact) mass is 413 g/mol. The van der Waals surface area contributed by atoms with E-state index in [-0.39, 0.29) is 41.1 Å². The summed E-state index contributed by atoms with van der Waals surface area (Å²) in [5.41, 5.74) is -0.449. The normalized spacial score (nSPS) is 21.1. The van der Waals surface area contributed by atoms with Gasteiger partial charge in [-0.1, -0.05) is 19.3 Å². The van der Waals surface area contributed by atoms with E-state index in [1.807, 2.05) is 41.5 Å². The lowest BCUT2D eigenvalue weighted by Crippen LogP contribution is -2.41. The first-order chi connectivity index (χ1) is 13.2. The first kappa shape index (κ1) is 26.4. The van der Waals surface area contributed by atoms with Crippen LogP contribution in [0.25, 0.3) is 0 Å². The van der Waals surface area contributed by atoms with Gasteiger partial charge in [-0.05, 0) is 74.7 Å². The zero-order valence-corrected chi connectivity index (χ0v) is 20.3. The first-order valence-electron chi connectivity index (χ1n) is 11.5. The van der Waals surface area contributed by atoms with Gasteiger partial charge in [-0.25, -0.2) is 0 Å². The molecule has 0 aliphatic carbocycles. The first-order valence-corrected chi connectivity index (χ1v) is 11.5. The van der Waals surface area contributed by atoms with Crippen molar-refractivity contribution in [2.75, 3.05) is 26.4 Å². The number of ether oxygens (including phenoxy) is 2. The van der Waals surface area contributed by atoms with E-state index in [2.05, 4.69) is 18.7 Å². The average Bonchev–Trinajstić information content (AvgIpc) is 2.79. The predicted octanol–water partition coefficient (Wildman–Crippen LogP) is 4.80. The van der Waals surface area contributed by atoms with Crippen LogP contribution < -0.4 is 0 Å². The molecule has 1 aliphatic rings. The zero-order chi connectivity index (χ0) is 22.3. The minimum Gasteiger partial charge on any atom is -0.396 e. The minimum atomic E-state index is -0.206. The van der Waals surface area contributed by atoms with E-state index in [0.29, 0.717) is 13.2 Å². The third kappa shape index (κ3) is 10.3. The fraction of sp³-hybridized carbons (Fsp3) is 0.958. The lowest BCUT2D eigenvalue weighted by molar-refractivity contribution is -0.136. The van der Waals surface area contributed by atoms with E-state index >= 15 is 0 Å². The Morgan fingerprint density at radius 3 is 2.17 bits per heavy atom. The van der Waals surface area contributed by atoms with E-state index in [1.165, 1.54) is 0 Å². The van der Waals surface area contributed by atoms with Crippen molar-refractivity contribution in [2.24, 2.45) is 11.8 Å². The molecule has 1 rings (SSSR count). The Morgan fingerprint density at radius 1 is 1.03 bits per heavy atom. The van der Waals surface area contributed by atoms with Gasteiger partial charge in [-0.15, -0.1) is 0 Å². The molecule has 1 fully saturated rings. The number of nitrogens with zero attached hydrogens (tertiary/aromatic N) is 1. The topological polar surface area (TPSA) is 59.0 Å². The lowest BCUT2D eigenvalue weighted by atomic mass is 9.96. The highest BCUT2D eigenvalue weighted by atomic mass is 16.5. The van der Waals surface area contributed by atoms with Crippen molar-refractivity contribution in [1.82, 2.24) is 4.90 Å². The molecule has 1 heterocycles. The molecular weight excluding hydrogens is 366 g/mol. The van der Waals surface area contributed by atoms with Crippen LogP contribution in [0.2, 0.25) is 0 Å². The fourth-order valence-corrected chi connectivity index (χ4v) is 3.86. The molecule has 1 N–H and O–H groups in total. The number of aliphatic hydroxyl groups is 1. The van der Waals surface area contributed by atoms with E-state index < -0.39 is 0 Å². The summed E-state index contributed by atoms with van der Waals surface area (Å²) in [6, 6.07) is 0. The van der Waals surface area contributed by atoms with Crippen LogP contribution in [0.15, 0.2) is 0 Å². The van der Waals surface area contributed by atoms with E-state index in [0.717, 1.165) is 45.1 Å². The number of carbonyl (C=O) groups excluding carboxylic acids is 1. The molecule has 0 spiro atoms. The Kier molecular flexibility index (Phi) is 10.1. The lowest BCUT2D eigenvalue weighted by Gasteiger charge is -2.31. The Labute approximate surface area is 179 Å². The number of hydrogen-bond acceptors (Lipinski definition) is 4. The smallest absolute Gasteiger partial charge is 0.228 e. The van der Waals surface area contributed by atoms with Gasteiger partial charge in [-0.2, -0.15) is 0 Å². The van der Waals surface area contributed by atoms with Crippen molar-refractivity contribution in [3.63, 3.8) is 0 Å². The van der Waals surface area contributed by atoms with Gasteiger partial charge in [0, 0.05) is 24.6 Å². The van der Waals surface area contributed by atoms with Crippen molar-refractivity contribution in [3.8, 4) is 0 Å². The number of unbranched alkanes of at least 4 members (excludes halogenated alkanes) is 3. The molecule has 0 aromatic rings. The summed E-state index contributed by atoms with van der Waals surface area (Å²) in [6.07, 6.45) is 6.23. The summed E-state index contributed by atoms with van der Waals surface area (Å²) in [5, 5.41) is 9.54. The van der Waals surface area contributed by atoms with Crippen LogP contribution in [0, 0.1) is 11.8 Å². The van der Waals surface area contributed by atoms with E-state index in [4.69, 9.17) is 9.47 Å². The van der Waals surface area contributed by atoms with Crippen LogP contribution in [0.1, 0.15) is 93.9 Å². The van der Waals surface area contributed by atoms with Crippen LogP contribution in [0.4, 0.5) is 0 Å². The van der Waals surface area contributed by atoms with Crippen molar-refractivity contribution in [1.29, 1.82) is 0 Å². The number of carbonyl (C=O) groups is 1. The van der Waals surface area contributed by atoms with Crippen LogP contribution in [-0.4, -0.2) is 59.0 Å². The highest BCUT2D eigenvalue weighted by Gasteiger charge is 2.44. The molecule has 172 valence electrons. The second kappa shape index (κ2) is 11.1. The van der Waals surface area contributed by atoms with Crippen LogP contribution in [0.5, 0.6) is 0 Å². The van der Waals surface area contributed by atoms with E-state index in [9.17, 15) is 9.90 Å². The third-order valence-electron chi connectivity index (χ3n) is 5.56. The maximum absolute atomic E-state index is 12.8. The summed E-state index contributed by atoms with van der Waals surface area (Å²) in [5.74, 6) is 0.452. The molecule has 0 aromatic carbocycles. The molecule has 0 saturated carbocycles. The Bertz CT molecular complexity index is 490. The van der Waals surface area contributed by atoms with Crippen molar-refractivity contribution in [3.05, 3.63) is 0 Å². The largest absolute Gasteiger partial charge is 0.396 e. The van der Waals surface area contributed by atoms with Gasteiger partial charge in [0.05, 0.1) is 30.3 Å². The molecule has 1 amide bonds. The molecule has 1 aliphatic heterocycles. The van der Waals surface area contributed by atoms with Gasteiger partial charge in [0.2, 0.25) is 5.91 Å². The Balaban J connectivity index is 2.30. The summed E-state index contributed by atoms with van der Waals surface area (Å²) >= 11 is 0. The number of amides is 1. The van der Waals surface area contributed by atoms with Gasteiger partial charge >= 0.3 is 0 Å². The van der Waals surface area contributed by atoms with Gasteiger partial charge in [0.25, 0.3) is 0 Å². The van der Waals surface area contributed by atoms with Crippen molar-refractivity contribution >= 4 is 5.91 Å². The summed E-state index contributed by atoms with van der Waals surface area (Å²) in [7, 11) is 0. The van der Waals surface area contributed by atoms with E-state index in [1.54, 1.807) is 0 Å². The number of rotatable bonds is 12. The molecule has 0 aromatic heterocycles. The van der Waals surface area contributed by atoms with Gasteiger partial charge < -0.3 is 19.5 Å². The second-order valence-corrected chi connectivity index (χ2v) is 11.3. The Morgan fingerprint density at radius 2 is 1.62 bits per heavy atom. The van der Waals surface area contributed by atoms with Crippen molar-refractivity contribution < 1.29 is 19.4 Å². The molecule has 5 heteroatoms. The predicted molar refractivity (Wildman–Crippen MR) is 119 cm³/mol. The molecule has 0 radical (unpaired) electrons. The fourth-order valence-electron chi connectivity index (χ4n) is 3.86. The summed E-state index contributed by atoms with van der Waals surface area (Å²) < 4.78 is 11.7. The highest BCUT2D eigenvalue weighted by molar-refractivity contribution is 5.82. The maximum atomic E-state index is 12.8. The van der Waals surface area contributed by atoms with Gasteiger partial charge in [-0.3, -0.25) is 4.79 Å². The molecule has 29 heavy (non-hydrogen) atoms. The van der Waals surface area contributed by atoms with Crippen LogP contribution in [-0.2, 0) is 14.3 Å². The highest BCUT2D eigenvalue weighted by Crippen LogP contribution is 2.35. The SMILES string of the molecule is CC(C)(C)OCC(CO)CCCCCCN1C(=O)[C@H](COC(C)(C)C)CC1(C)C. The molecular formula is C24H47NO4. The molecule has 1 saturated heterocycles. The average molecular weight is 414 g/mol. The summed E-state index contributed by atoms with van der Waals surface area (Å²) in [6.45, 7) is 18.7. The second-order valence-electron chi connectivity index (χ2n) is 11.3. The van der Waals surface area contributed by atoms with Crippen LogP contribution in [0.3, 0.4) is 0 Å². The maximum Gasteiger partial charge on any atom is 0.228 e. The number of hydrogen-bond donors (Lipinski definition) is 1. The van der Waals surface area contributed by atoms with Crippen molar-refractivity contribution in [2.45, 2.75) is 111 Å². The molecule has 1 unspecified atom stereocenters. The molecule has 2 atom stereocenters. The quantitative estimate of drug-likeness (QED) is 0.467. The van der Waals surface area contributed by atoms with Gasteiger partial charge in [0.1, 0.15) is 0 Å². The summed E-state index contributed by atoms with van der Waals surface area (Å²) in [4.78, 5) is 14.9. The standard InChI is InChI=1S/C24H47NO4/c1-22(2,3)28-17-19(16-26)13-11-9-10-12-14-25-21(27)20(15-24(25,7)8)18-29-23(4,5)6/h19-20,26H,9-18H2,1-8H3/t19?,20-/m0/s1. The molecule has 0 bridgehead atoms. The zero-order valence-electron chi connectivity index (χ0n) is 20.3. The van der Waals surface area contributed by atoms with Gasteiger partial charge in [0.15, 0.2) is 0 Å². The third-order valence-corrected chi connectivity index (χ3v) is 5.56. The minimum absolute atomic E-state index is 0.0163. The number of likely N-dealkylation sites (tertiary alicyclic amines) is 1.